The van der Waals surface area contributed by atoms with E-state index >= 15 is 0 Å². The van der Waals surface area contributed by atoms with Crippen LogP contribution in [-0.2, 0) is 17.1 Å². The number of hydrogen-bond acceptors (Lipinski definition) is 6. The van der Waals surface area contributed by atoms with Crippen molar-refractivity contribution in [1.29, 1.82) is 0 Å². The molecule has 1 aromatic heterocycles. The van der Waals surface area contributed by atoms with Crippen LogP contribution in [-0.4, -0.2) is 40.0 Å². The average molecular weight is 555 g/mol. The third kappa shape index (κ3) is 6.85. The highest BCUT2D eigenvalue weighted by molar-refractivity contribution is 6.67. The lowest BCUT2D eigenvalue weighted by Gasteiger charge is -2.16. The van der Waals surface area contributed by atoms with Gasteiger partial charge in [-0.15, -0.1) is 0 Å². The SMILES string of the molecule is CCOC(=O)CNC(=O)c1ccc(-c2nc(C(Cl)(Cl)Cl)nc(C(Cl)(Cl)Cl)n2)c(Cl)c1. The molecule has 2 aromatic rings. The second kappa shape index (κ2) is 10.2. The number of nitrogens with zero attached hydrogens (tertiary/aromatic N) is 3. The number of halogens is 7. The minimum Gasteiger partial charge on any atom is -0.465 e. The first kappa shape index (κ1) is 25.5. The van der Waals surface area contributed by atoms with E-state index < -0.39 is 19.5 Å². The number of nitrogens with one attached hydrogen (secondary N) is 1. The van der Waals surface area contributed by atoms with Gasteiger partial charge in [-0.2, -0.15) is 0 Å². The van der Waals surface area contributed by atoms with E-state index in [1.165, 1.54) is 18.2 Å². The Morgan fingerprint density at radius 3 is 2.03 bits per heavy atom. The van der Waals surface area contributed by atoms with E-state index in [9.17, 15) is 9.59 Å². The molecule has 0 bridgehead atoms. The molecule has 1 N–H and O–H groups in total. The first-order chi connectivity index (χ1) is 13.8. The summed E-state index contributed by atoms with van der Waals surface area (Å²) in [5.41, 5.74) is 0.428. The van der Waals surface area contributed by atoms with Crippen molar-refractivity contribution in [2.24, 2.45) is 0 Å². The average Bonchev–Trinajstić information content (AvgIpc) is 2.64. The van der Waals surface area contributed by atoms with Crippen LogP contribution in [0.25, 0.3) is 11.4 Å². The molecule has 2 rings (SSSR count). The van der Waals surface area contributed by atoms with Gasteiger partial charge in [-0.05, 0) is 25.1 Å². The molecule has 162 valence electrons. The Labute approximate surface area is 206 Å². The van der Waals surface area contributed by atoms with Gasteiger partial charge in [0, 0.05) is 11.1 Å². The number of benzene rings is 1. The number of alkyl halides is 6. The van der Waals surface area contributed by atoms with E-state index in [4.69, 9.17) is 85.9 Å². The van der Waals surface area contributed by atoms with E-state index in [0.29, 0.717) is 0 Å². The van der Waals surface area contributed by atoms with Crippen LogP contribution < -0.4 is 5.32 Å². The monoisotopic (exact) mass is 552 g/mol. The summed E-state index contributed by atoms with van der Waals surface area (Å²) in [6, 6.07) is 4.21. The number of carbonyl (C=O) groups excluding carboxylic acids is 2. The van der Waals surface area contributed by atoms with Crippen molar-refractivity contribution >= 4 is 93.1 Å². The third-order valence-corrected chi connectivity index (χ3v) is 4.64. The zero-order chi connectivity index (χ0) is 22.7. The zero-order valence-electron chi connectivity index (χ0n) is 14.9. The van der Waals surface area contributed by atoms with E-state index in [0.717, 1.165) is 0 Å². The second-order valence-corrected chi connectivity index (χ2v) is 10.5. The summed E-state index contributed by atoms with van der Waals surface area (Å²) < 4.78 is 0.687. The van der Waals surface area contributed by atoms with Crippen LogP contribution in [0.2, 0.25) is 5.02 Å². The number of esters is 1. The Morgan fingerprint density at radius 2 is 1.57 bits per heavy atom. The number of carbonyl (C=O) groups is 2. The maximum atomic E-state index is 12.2. The molecule has 0 aliphatic rings. The molecule has 1 aromatic carbocycles. The summed E-state index contributed by atoms with van der Waals surface area (Å²) in [6.07, 6.45) is 0. The van der Waals surface area contributed by atoms with Crippen molar-refractivity contribution in [2.75, 3.05) is 13.2 Å². The molecule has 0 atom stereocenters. The van der Waals surface area contributed by atoms with Gasteiger partial charge in [-0.3, -0.25) is 9.59 Å². The fraction of sp³-hybridized carbons (Fsp3) is 0.312. The van der Waals surface area contributed by atoms with Crippen LogP contribution in [0.5, 0.6) is 0 Å². The van der Waals surface area contributed by atoms with Crippen LogP contribution >= 0.6 is 81.2 Å². The molecular formula is C16H11Cl7N4O3. The highest BCUT2D eigenvalue weighted by atomic mass is 35.6. The smallest absolute Gasteiger partial charge is 0.325 e. The van der Waals surface area contributed by atoms with Crippen LogP contribution in [0.3, 0.4) is 0 Å². The van der Waals surface area contributed by atoms with Crippen LogP contribution in [0.1, 0.15) is 28.9 Å². The summed E-state index contributed by atoms with van der Waals surface area (Å²) in [5.74, 6) is -1.73. The van der Waals surface area contributed by atoms with E-state index in [2.05, 4.69) is 20.3 Å². The number of aromatic nitrogens is 3. The second-order valence-electron chi connectivity index (χ2n) is 5.48. The van der Waals surface area contributed by atoms with E-state index in [1.807, 2.05) is 0 Å². The van der Waals surface area contributed by atoms with Crippen LogP contribution in [0.4, 0.5) is 0 Å². The van der Waals surface area contributed by atoms with Crippen LogP contribution in [0.15, 0.2) is 18.2 Å². The van der Waals surface area contributed by atoms with Gasteiger partial charge in [0.1, 0.15) is 6.54 Å². The van der Waals surface area contributed by atoms with Gasteiger partial charge in [0.05, 0.1) is 11.6 Å². The lowest BCUT2D eigenvalue weighted by atomic mass is 10.1. The standard InChI is InChI=1S/C16H11Cl7N4O3/c1-2-30-10(28)6-24-12(29)7-3-4-8(9(17)5-7)11-25-13(15(18,19)20)27-14(26-11)16(21,22)23/h3-5H,2,6H2,1H3,(H,24,29). The van der Waals surface area contributed by atoms with Crippen molar-refractivity contribution in [3.8, 4) is 11.4 Å². The van der Waals surface area contributed by atoms with Gasteiger partial charge in [-0.1, -0.05) is 81.2 Å². The molecule has 0 unspecified atom stereocenters. The predicted octanol–water partition coefficient (Wildman–Crippen LogP) is 5.14. The maximum absolute atomic E-state index is 12.2. The first-order valence-corrected chi connectivity index (χ1v) is 10.6. The molecule has 0 spiro atoms. The van der Waals surface area contributed by atoms with Gasteiger partial charge < -0.3 is 10.1 Å². The fourth-order valence-corrected chi connectivity index (χ4v) is 2.83. The van der Waals surface area contributed by atoms with Crippen molar-refractivity contribution in [3.63, 3.8) is 0 Å². The van der Waals surface area contributed by atoms with Crippen molar-refractivity contribution in [1.82, 2.24) is 20.3 Å². The van der Waals surface area contributed by atoms with Gasteiger partial charge in [0.2, 0.25) is 7.59 Å². The van der Waals surface area contributed by atoms with Crippen molar-refractivity contribution in [3.05, 3.63) is 40.4 Å². The summed E-state index contributed by atoms with van der Waals surface area (Å²) in [6.45, 7) is 1.56. The van der Waals surface area contributed by atoms with Crippen molar-refractivity contribution < 1.29 is 14.3 Å². The first-order valence-electron chi connectivity index (χ1n) is 7.97. The molecule has 0 aliphatic heterocycles. The van der Waals surface area contributed by atoms with E-state index in [-0.39, 0.29) is 46.8 Å². The normalized spacial score (nSPS) is 11.9. The summed E-state index contributed by atoms with van der Waals surface area (Å²) in [5, 5.41) is 2.49. The van der Waals surface area contributed by atoms with Gasteiger partial charge in [0.25, 0.3) is 5.91 Å². The molecule has 0 saturated carbocycles. The lowest BCUT2D eigenvalue weighted by Crippen LogP contribution is -2.30. The Morgan fingerprint density at radius 1 is 1.00 bits per heavy atom. The highest BCUT2D eigenvalue weighted by Crippen LogP contribution is 2.41. The third-order valence-electron chi connectivity index (χ3n) is 3.31. The maximum Gasteiger partial charge on any atom is 0.325 e. The minimum absolute atomic E-state index is 0.0452. The Hall–Kier alpha value is -0.800. The molecule has 0 aliphatic carbocycles. The predicted molar refractivity (Wildman–Crippen MR) is 118 cm³/mol. The fourth-order valence-electron chi connectivity index (χ4n) is 2.05. The Bertz CT molecular complexity index is 929. The molecule has 30 heavy (non-hydrogen) atoms. The molecule has 14 heteroatoms. The lowest BCUT2D eigenvalue weighted by molar-refractivity contribution is -0.141. The highest BCUT2D eigenvalue weighted by Gasteiger charge is 2.34. The minimum atomic E-state index is -2.03. The molecular weight excluding hydrogens is 544 g/mol. The molecule has 1 heterocycles. The summed E-state index contributed by atoms with van der Waals surface area (Å²) >= 11 is 41.4. The molecule has 7 nitrogen and oxygen atoms in total. The van der Waals surface area contributed by atoms with Gasteiger partial charge >= 0.3 is 5.97 Å². The van der Waals surface area contributed by atoms with Crippen molar-refractivity contribution in [2.45, 2.75) is 14.5 Å². The van der Waals surface area contributed by atoms with E-state index in [1.54, 1.807) is 6.92 Å². The van der Waals surface area contributed by atoms with Gasteiger partial charge in [0.15, 0.2) is 17.5 Å². The van der Waals surface area contributed by atoms with Crippen LogP contribution in [0, 0.1) is 0 Å². The summed E-state index contributed by atoms with van der Waals surface area (Å²) in [7, 11) is 0. The van der Waals surface area contributed by atoms with Gasteiger partial charge in [-0.25, -0.2) is 15.0 Å². The largest absolute Gasteiger partial charge is 0.465 e. The quantitative estimate of drug-likeness (QED) is 0.406. The Balaban J connectivity index is 2.39. The summed E-state index contributed by atoms with van der Waals surface area (Å²) in [4.78, 5) is 35.6. The molecule has 0 radical (unpaired) electrons. The number of amides is 1. The number of rotatable bonds is 5. The zero-order valence-corrected chi connectivity index (χ0v) is 20.1. The molecule has 1 amide bonds. The Kier molecular flexibility index (Phi) is 8.67. The number of ether oxygens (including phenoxy) is 1. The molecule has 0 saturated heterocycles. The molecule has 0 fully saturated rings. The number of hydrogen-bond donors (Lipinski definition) is 1. The topological polar surface area (TPSA) is 94.1 Å².